The zero-order valence-corrected chi connectivity index (χ0v) is 12.1. The van der Waals surface area contributed by atoms with Crippen LogP contribution in [0.3, 0.4) is 0 Å². The first-order valence-electron chi connectivity index (χ1n) is 6.39. The van der Waals surface area contributed by atoms with Crippen molar-refractivity contribution >= 4 is 17.0 Å². The fourth-order valence-corrected chi connectivity index (χ4v) is 2.79. The number of aryl methyl sites for hydroxylation is 1. The molecule has 5 nitrogen and oxygen atoms in total. The molecular formula is C14H15N5S. The van der Waals surface area contributed by atoms with Crippen LogP contribution in [-0.2, 0) is 0 Å². The van der Waals surface area contributed by atoms with E-state index in [-0.39, 0.29) is 6.04 Å². The Labute approximate surface area is 121 Å². The van der Waals surface area contributed by atoms with Crippen LogP contribution < -0.4 is 5.32 Å². The molecule has 0 saturated carbocycles. The summed E-state index contributed by atoms with van der Waals surface area (Å²) in [6, 6.07) is 12.6. The number of anilines is 1. The number of hydrogen-bond donors (Lipinski definition) is 1. The van der Waals surface area contributed by atoms with Gasteiger partial charge in [-0.25, -0.2) is 0 Å². The van der Waals surface area contributed by atoms with Crippen LogP contribution >= 0.6 is 11.3 Å². The van der Waals surface area contributed by atoms with E-state index in [2.05, 4.69) is 45.3 Å². The molecule has 2 heterocycles. The largest absolute Gasteiger partial charge is 0.378 e. The Kier molecular flexibility index (Phi) is 3.47. The third-order valence-corrected chi connectivity index (χ3v) is 4.12. The topological polar surface area (TPSA) is 55.6 Å². The van der Waals surface area contributed by atoms with E-state index in [4.69, 9.17) is 0 Å². The van der Waals surface area contributed by atoms with Crippen molar-refractivity contribution in [1.82, 2.24) is 20.2 Å². The van der Waals surface area contributed by atoms with Crippen LogP contribution in [0.2, 0.25) is 0 Å². The maximum atomic E-state index is 3.99. The number of nitrogens with one attached hydrogen (secondary N) is 1. The molecule has 0 spiro atoms. The van der Waals surface area contributed by atoms with Crippen molar-refractivity contribution in [3.63, 3.8) is 0 Å². The molecule has 3 aromatic rings. The van der Waals surface area contributed by atoms with Crippen LogP contribution in [0.15, 0.2) is 41.8 Å². The van der Waals surface area contributed by atoms with Crippen molar-refractivity contribution < 1.29 is 0 Å². The molecule has 0 bridgehead atoms. The van der Waals surface area contributed by atoms with E-state index in [9.17, 15) is 0 Å². The number of thiophene rings is 1. The molecular weight excluding hydrogens is 270 g/mol. The van der Waals surface area contributed by atoms with Crippen LogP contribution in [0.25, 0.3) is 5.69 Å². The summed E-state index contributed by atoms with van der Waals surface area (Å²) in [7, 11) is 0. The summed E-state index contributed by atoms with van der Waals surface area (Å²) in [5.74, 6) is 0.772. The lowest BCUT2D eigenvalue weighted by Crippen LogP contribution is -2.06. The second-order valence-electron chi connectivity index (χ2n) is 4.57. The molecule has 0 saturated heterocycles. The van der Waals surface area contributed by atoms with Crippen molar-refractivity contribution in [2.75, 3.05) is 5.32 Å². The Morgan fingerprint density at radius 2 is 2.15 bits per heavy atom. The lowest BCUT2D eigenvalue weighted by molar-refractivity contribution is 0.779. The summed E-state index contributed by atoms with van der Waals surface area (Å²) < 4.78 is 1.72. The van der Waals surface area contributed by atoms with E-state index in [1.807, 2.05) is 31.2 Å². The van der Waals surface area contributed by atoms with E-state index in [1.165, 1.54) is 4.88 Å². The second kappa shape index (κ2) is 5.42. The monoisotopic (exact) mass is 285 g/mol. The van der Waals surface area contributed by atoms with Gasteiger partial charge in [0.05, 0.1) is 11.7 Å². The molecule has 1 unspecified atom stereocenters. The van der Waals surface area contributed by atoms with Gasteiger partial charge < -0.3 is 5.32 Å². The predicted molar refractivity (Wildman–Crippen MR) is 80.2 cm³/mol. The number of tetrazole rings is 1. The van der Waals surface area contributed by atoms with E-state index < -0.39 is 0 Å². The zero-order chi connectivity index (χ0) is 13.9. The Morgan fingerprint density at radius 1 is 1.25 bits per heavy atom. The average molecular weight is 285 g/mol. The van der Waals surface area contributed by atoms with Crippen LogP contribution in [0.1, 0.15) is 23.7 Å². The van der Waals surface area contributed by atoms with E-state index >= 15 is 0 Å². The Balaban J connectivity index is 1.83. The molecule has 0 fully saturated rings. The number of hydrogen-bond acceptors (Lipinski definition) is 5. The van der Waals surface area contributed by atoms with Crippen molar-refractivity contribution in [2.45, 2.75) is 19.9 Å². The van der Waals surface area contributed by atoms with E-state index in [0.717, 1.165) is 17.2 Å². The third-order valence-electron chi connectivity index (χ3n) is 3.07. The Bertz CT molecular complexity index is 689. The molecule has 1 atom stereocenters. The Hall–Kier alpha value is -2.21. The maximum Gasteiger partial charge on any atom is 0.153 e. The van der Waals surface area contributed by atoms with Gasteiger partial charge in [-0.05, 0) is 53.9 Å². The molecule has 102 valence electrons. The van der Waals surface area contributed by atoms with Crippen LogP contribution in [0.4, 0.5) is 5.69 Å². The highest BCUT2D eigenvalue weighted by atomic mass is 32.1. The highest BCUT2D eigenvalue weighted by molar-refractivity contribution is 7.10. The maximum absolute atomic E-state index is 3.99. The molecule has 0 radical (unpaired) electrons. The van der Waals surface area contributed by atoms with Gasteiger partial charge in [0.2, 0.25) is 0 Å². The summed E-state index contributed by atoms with van der Waals surface area (Å²) in [6.45, 7) is 4.04. The molecule has 1 N–H and O–H groups in total. The minimum atomic E-state index is 0.278. The van der Waals surface area contributed by atoms with Crippen molar-refractivity contribution in [1.29, 1.82) is 0 Å². The lowest BCUT2D eigenvalue weighted by Gasteiger charge is -2.14. The lowest BCUT2D eigenvalue weighted by atomic mass is 10.2. The van der Waals surface area contributed by atoms with Gasteiger partial charge >= 0.3 is 0 Å². The number of benzene rings is 1. The van der Waals surface area contributed by atoms with Gasteiger partial charge in [0, 0.05) is 10.6 Å². The van der Waals surface area contributed by atoms with Crippen LogP contribution in [-0.4, -0.2) is 20.2 Å². The summed E-state index contributed by atoms with van der Waals surface area (Å²) in [6.07, 6.45) is 0. The summed E-state index contributed by atoms with van der Waals surface area (Å²) in [5, 5.41) is 17.2. The number of aromatic nitrogens is 4. The molecule has 1 aromatic carbocycles. The highest BCUT2D eigenvalue weighted by Gasteiger charge is 2.08. The standard InChI is InChI=1S/C14H15N5S/c1-10(14-7-4-8-20-14)15-12-5-3-6-13(9-12)19-11(2)16-17-18-19/h3-10,15H,1-2H3. The molecule has 20 heavy (non-hydrogen) atoms. The SMILES string of the molecule is Cc1nnnn1-c1cccc(NC(C)c2cccs2)c1. The van der Waals surface area contributed by atoms with E-state index in [0.29, 0.717) is 0 Å². The van der Waals surface area contributed by atoms with Crippen molar-refractivity contribution in [3.05, 3.63) is 52.5 Å². The number of nitrogens with zero attached hydrogens (tertiary/aromatic N) is 4. The minimum absolute atomic E-state index is 0.278. The zero-order valence-electron chi connectivity index (χ0n) is 11.3. The second-order valence-corrected chi connectivity index (χ2v) is 5.55. The highest BCUT2D eigenvalue weighted by Crippen LogP contribution is 2.24. The average Bonchev–Trinajstić information content (AvgIpc) is 3.10. The quantitative estimate of drug-likeness (QED) is 0.799. The molecule has 2 aromatic heterocycles. The third kappa shape index (κ3) is 2.55. The summed E-state index contributed by atoms with van der Waals surface area (Å²) in [4.78, 5) is 1.31. The molecule has 0 aliphatic heterocycles. The normalized spacial score (nSPS) is 12.3. The van der Waals surface area contributed by atoms with Crippen molar-refractivity contribution in [3.8, 4) is 5.69 Å². The molecule has 6 heteroatoms. The van der Waals surface area contributed by atoms with Gasteiger partial charge in [-0.3, -0.25) is 0 Å². The first-order valence-corrected chi connectivity index (χ1v) is 7.27. The van der Waals surface area contributed by atoms with Gasteiger partial charge in [0.25, 0.3) is 0 Å². The molecule has 0 aliphatic rings. The van der Waals surface area contributed by atoms with Gasteiger partial charge in [-0.15, -0.1) is 16.4 Å². The summed E-state index contributed by atoms with van der Waals surface area (Å²) in [5.41, 5.74) is 2.01. The van der Waals surface area contributed by atoms with Gasteiger partial charge in [0.1, 0.15) is 0 Å². The van der Waals surface area contributed by atoms with Crippen LogP contribution in [0.5, 0.6) is 0 Å². The van der Waals surface area contributed by atoms with Crippen molar-refractivity contribution in [2.24, 2.45) is 0 Å². The molecule has 3 rings (SSSR count). The fraction of sp³-hybridized carbons (Fsp3) is 0.214. The predicted octanol–water partition coefficient (Wildman–Crippen LogP) is 3.21. The molecule has 0 aliphatic carbocycles. The first kappa shape index (κ1) is 12.8. The van der Waals surface area contributed by atoms with Gasteiger partial charge in [0.15, 0.2) is 5.82 Å². The first-order chi connectivity index (χ1) is 9.74. The van der Waals surface area contributed by atoms with Gasteiger partial charge in [-0.1, -0.05) is 12.1 Å². The molecule has 0 amide bonds. The number of rotatable bonds is 4. The van der Waals surface area contributed by atoms with Crippen LogP contribution in [0, 0.1) is 6.92 Å². The summed E-state index contributed by atoms with van der Waals surface area (Å²) >= 11 is 1.75. The smallest absolute Gasteiger partial charge is 0.153 e. The minimum Gasteiger partial charge on any atom is -0.378 e. The fourth-order valence-electron chi connectivity index (χ4n) is 2.06. The van der Waals surface area contributed by atoms with Gasteiger partial charge in [-0.2, -0.15) is 4.68 Å². The van der Waals surface area contributed by atoms with E-state index in [1.54, 1.807) is 16.0 Å². The Morgan fingerprint density at radius 3 is 2.85 bits per heavy atom.